The van der Waals surface area contributed by atoms with Crippen molar-refractivity contribution < 1.29 is 23.9 Å². The van der Waals surface area contributed by atoms with E-state index in [0.29, 0.717) is 10.6 Å². The van der Waals surface area contributed by atoms with Crippen LogP contribution in [0.3, 0.4) is 0 Å². The molecule has 1 fully saturated rings. The maximum Gasteiger partial charge on any atom is 0.341 e. The van der Waals surface area contributed by atoms with E-state index in [4.69, 9.17) is 4.74 Å². The molecule has 28 heavy (non-hydrogen) atoms. The predicted octanol–water partition coefficient (Wildman–Crippen LogP) is 2.33. The third-order valence-corrected chi connectivity index (χ3v) is 5.17. The molecule has 2 heterocycles. The van der Waals surface area contributed by atoms with Gasteiger partial charge in [-0.15, -0.1) is 11.3 Å². The summed E-state index contributed by atoms with van der Waals surface area (Å²) in [5, 5.41) is 7.16. The molecule has 0 spiro atoms. The van der Waals surface area contributed by atoms with E-state index in [1.54, 1.807) is 49.6 Å². The number of urea groups is 1. The number of amides is 4. The first-order valence-electron chi connectivity index (χ1n) is 8.61. The third-order valence-electron chi connectivity index (χ3n) is 4.34. The molecule has 8 nitrogen and oxygen atoms in total. The van der Waals surface area contributed by atoms with Gasteiger partial charge in [-0.25, -0.2) is 9.59 Å². The van der Waals surface area contributed by atoms with Crippen LogP contribution in [0.25, 0.3) is 0 Å². The molecule has 0 unspecified atom stereocenters. The number of nitrogens with one attached hydrogen (secondary N) is 2. The highest BCUT2D eigenvalue weighted by atomic mass is 32.1. The minimum absolute atomic E-state index is 0.211. The molecular weight excluding hydrogens is 382 g/mol. The summed E-state index contributed by atoms with van der Waals surface area (Å²) in [6.45, 7) is 3.03. The Balaban J connectivity index is 1.72. The molecule has 0 saturated carbocycles. The molecule has 3 rings (SSSR count). The SMILES string of the molecule is CCOC(=O)c1ccsc1NC(=O)CN1C(=O)N[C@@](C)(c2ccccc2)C1=O. The molecule has 1 aromatic heterocycles. The summed E-state index contributed by atoms with van der Waals surface area (Å²) in [7, 11) is 0. The standard InChI is InChI=1S/C19H19N3O5S/c1-3-27-16(24)13-9-10-28-15(13)20-14(23)11-22-17(25)19(2,21-18(22)26)12-7-5-4-6-8-12/h4-10H,3,11H2,1-2H3,(H,20,23)(H,21,26)/t19-/m0/s1. The van der Waals surface area contributed by atoms with Gasteiger partial charge in [0.2, 0.25) is 5.91 Å². The van der Waals surface area contributed by atoms with Crippen LogP contribution in [0, 0.1) is 0 Å². The van der Waals surface area contributed by atoms with Gasteiger partial charge in [0.05, 0.1) is 12.2 Å². The fourth-order valence-electron chi connectivity index (χ4n) is 2.89. The third kappa shape index (κ3) is 3.61. The summed E-state index contributed by atoms with van der Waals surface area (Å²) in [4.78, 5) is 50.3. The molecule has 2 aromatic rings. The van der Waals surface area contributed by atoms with Crippen LogP contribution in [0.1, 0.15) is 29.8 Å². The van der Waals surface area contributed by atoms with Crippen LogP contribution in [-0.4, -0.2) is 41.9 Å². The Morgan fingerprint density at radius 2 is 1.93 bits per heavy atom. The summed E-state index contributed by atoms with van der Waals surface area (Å²) in [5.41, 5.74) is -0.386. The predicted molar refractivity (Wildman–Crippen MR) is 103 cm³/mol. The lowest BCUT2D eigenvalue weighted by molar-refractivity contribution is -0.133. The molecule has 1 aromatic carbocycles. The van der Waals surface area contributed by atoms with E-state index in [1.165, 1.54) is 0 Å². The molecule has 0 bridgehead atoms. The average Bonchev–Trinajstić information content (AvgIpc) is 3.21. The van der Waals surface area contributed by atoms with E-state index in [-0.39, 0.29) is 12.2 Å². The summed E-state index contributed by atoms with van der Waals surface area (Å²) < 4.78 is 4.94. The van der Waals surface area contributed by atoms with Gasteiger partial charge in [-0.3, -0.25) is 14.5 Å². The highest BCUT2D eigenvalue weighted by molar-refractivity contribution is 7.14. The van der Waals surface area contributed by atoms with Gasteiger partial charge in [0, 0.05) is 0 Å². The van der Waals surface area contributed by atoms with Crippen molar-refractivity contribution in [3.63, 3.8) is 0 Å². The van der Waals surface area contributed by atoms with Gasteiger partial charge < -0.3 is 15.4 Å². The summed E-state index contributed by atoms with van der Waals surface area (Å²) in [6.07, 6.45) is 0. The van der Waals surface area contributed by atoms with Crippen molar-refractivity contribution in [2.75, 3.05) is 18.5 Å². The number of thiophene rings is 1. The molecule has 1 saturated heterocycles. The van der Waals surface area contributed by atoms with Crippen molar-refractivity contribution in [1.82, 2.24) is 10.2 Å². The van der Waals surface area contributed by atoms with Crippen LogP contribution >= 0.6 is 11.3 Å². The van der Waals surface area contributed by atoms with Crippen LogP contribution in [-0.2, 0) is 19.9 Å². The van der Waals surface area contributed by atoms with E-state index in [9.17, 15) is 19.2 Å². The number of imide groups is 1. The number of benzene rings is 1. The topological polar surface area (TPSA) is 105 Å². The summed E-state index contributed by atoms with van der Waals surface area (Å²) >= 11 is 1.15. The monoisotopic (exact) mass is 401 g/mol. The van der Waals surface area contributed by atoms with Crippen molar-refractivity contribution in [2.24, 2.45) is 0 Å². The Kier molecular flexibility index (Phi) is 5.46. The average molecular weight is 401 g/mol. The quantitative estimate of drug-likeness (QED) is 0.571. The Morgan fingerprint density at radius 3 is 2.61 bits per heavy atom. The van der Waals surface area contributed by atoms with E-state index in [0.717, 1.165) is 16.2 Å². The van der Waals surface area contributed by atoms with E-state index in [2.05, 4.69) is 10.6 Å². The van der Waals surface area contributed by atoms with Crippen LogP contribution in [0.5, 0.6) is 0 Å². The lowest BCUT2D eigenvalue weighted by atomic mass is 9.92. The first kappa shape index (κ1) is 19.6. The molecule has 1 atom stereocenters. The molecule has 4 amide bonds. The normalized spacial score (nSPS) is 18.7. The number of ether oxygens (including phenoxy) is 1. The second kappa shape index (κ2) is 7.81. The molecule has 1 aliphatic rings. The number of hydrogen-bond acceptors (Lipinski definition) is 6. The molecule has 146 valence electrons. The molecule has 0 aliphatic carbocycles. The number of anilines is 1. The van der Waals surface area contributed by atoms with Gasteiger partial charge in [-0.05, 0) is 30.9 Å². The number of carbonyl (C=O) groups excluding carboxylic acids is 4. The number of carbonyl (C=O) groups is 4. The smallest absolute Gasteiger partial charge is 0.341 e. The van der Waals surface area contributed by atoms with Crippen LogP contribution < -0.4 is 10.6 Å². The second-order valence-corrected chi connectivity index (χ2v) is 7.16. The number of nitrogens with zero attached hydrogens (tertiary/aromatic N) is 1. The highest BCUT2D eigenvalue weighted by Gasteiger charge is 2.49. The van der Waals surface area contributed by atoms with Crippen LogP contribution in [0.4, 0.5) is 9.80 Å². The van der Waals surface area contributed by atoms with Crippen molar-refractivity contribution in [2.45, 2.75) is 19.4 Å². The maximum absolute atomic E-state index is 12.8. The van der Waals surface area contributed by atoms with E-state index >= 15 is 0 Å². The fourth-order valence-corrected chi connectivity index (χ4v) is 3.68. The van der Waals surface area contributed by atoms with E-state index in [1.807, 2.05) is 6.07 Å². The first-order chi connectivity index (χ1) is 13.4. The largest absolute Gasteiger partial charge is 0.462 e. The maximum atomic E-state index is 12.8. The molecule has 0 radical (unpaired) electrons. The van der Waals surface area contributed by atoms with Gasteiger partial charge in [-0.2, -0.15) is 0 Å². The molecule has 2 N–H and O–H groups in total. The first-order valence-corrected chi connectivity index (χ1v) is 9.49. The zero-order valence-electron chi connectivity index (χ0n) is 15.4. The van der Waals surface area contributed by atoms with Crippen molar-refractivity contribution >= 4 is 40.2 Å². The minimum Gasteiger partial charge on any atom is -0.462 e. The van der Waals surface area contributed by atoms with Gasteiger partial charge in [-0.1, -0.05) is 30.3 Å². The van der Waals surface area contributed by atoms with Crippen molar-refractivity contribution in [3.8, 4) is 0 Å². The number of esters is 1. The van der Waals surface area contributed by atoms with Crippen molar-refractivity contribution in [1.29, 1.82) is 0 Å². The van der Waals surface area contributed by atoms with Crippen LogP contribution in [0.2, 0.25) is 0 Å². The highest BCUT2D eigenvalue weighted by Crippen LogP contribution is 2.29. The minimum atomic E-state index is -1.24. The Morgan fingerprint density at radius 1 is 1.21 bits per heavy atom. The van der Waals surface area contributed by atoms with Gasteiger partial charge >= 0.3 is 12.0 Å². The van der Waals surface area contributed by atoms with Crippen LogP contribution in [0.15, 0.2) is 41.8 Å². The Bertz CT molecular complexity index is 927. The van der Waals surface area contributed by atoms with Gasteiger partial charge in [0.15, 0.2) is 0 Å². The second-order valence-electron chi connectivity index (χ2n) is 6.24. The van der Waals surface area contributed by atoms with Gasteiger partial charge in [0.1, 0.15) is 17.1 Å². The Labute approximate surface area is 165 Å². The lowest BCUT2D eigenvalue weighted by Crippen LogP contribution is -2.42. The van der Waals surface area contributed by atoms with E-state index < -0.39 is 35.9 Å². The zero-order valence-corrected chi connectivity index (χ0v) is 16.2. The molecule has 1 aliphatic heterocycles. The number of rotatable bonds is 6. The zero-order chi connectivity index (χ0) is 20.3. The van der Waals surface area contributed by atoms with Gasteiger partial charge in [0.25, 0.3) is 5.91 Å². The summed E-state index contributed by atoms with van der Waals surface area (Å²) in [5.74, 6) is -1.66. The summed E-state index contributed by atoms with van der Waals surface area (Å²) in [6, 6.07) is 9.70. The molecule has 9 heteroatoms. The number of hydrogen-bond donors (Lipinski definition) is 2. The van der Waals surface area contributed by atoms with Crippen molar-refractivity contribution in [3.05, 3.63) is 52.9 Å². The lowest BCUT2D eigenvalue weighted by Gasteiger charge is -2.22. The Hall–Kier alpha value is -3.20. The fraction of sp³-hybridized carbons (Fsp3) is 0.263. The molecular formula is C19H19N3O5S.